The zero-order valence-corrected chi connectivity index (χ0v) is 14.3. The van der Waals surface area contributed by atoms with Crippen LogP contribution in [0.15, 0.2) is 33.6 Å². The van der Waals surface area contributed by atoms with Gasteiger partial charge in [-0.2, -0.15) is 0 Å². The van der Waals surface area contributed by atoms with Gasteiger partial charge in [-0.25, -0.2) is 13.1 Å². The fourth-order valence-electron chi connectivity index (χ4n) is 2.69. The van der Waals surface area contributed by atoms with E-state index in [-0.39, 0.29) is 0 Å². The van der Waals surface area contributed by atoms with Crippen LogP contribution in [0, 0.1) is 11.8 Å². The van der Waals surface area contributed by atoms with E-state index in [0.29, 0.717) is 29.2 Å². The first kappa shape index (κ1) is 16.3. The van der Waals surface area contributed by atoms with E-state index < -0.39 is 10.0 Å². The van der Waals surface area contributed by atoms with Crippen molar-refractivity contribution in [1.82, 2.24) is 4.72 Å². The molecule has 0 radical (unpaired) electrons. The Bertz CT molecular complexity index is 550. The third-order valence-corrected chi connectivity index (χ3v) is 6.22. The van der Waals surface area contributed by atoms with Gasteiger partial charge in [0.15, 0.2) is 0 Å². The van der Waals surface area contributed by atoms with E-state index in [9.17, 15) is 8.42 Å². The highest BCUT2D eigenvalue weighted by Crippen LogP contribution is 2.30. The SMILES string of the molecule is O=S(=O)(NCC1CCCCC1CCl)c1cccc(Br)c1. The summed E-state index contributed by atoms with van der Waals surface area (Å²) in [7, 11) is -3.44. The third kappa shape index (κ3) is 4.20. The first-order valence-corrected chi connectivity index (χ1v) is 9.65. The maximum absolute atomic E-state index is 12.3. The third-order valence-electron chi connectivity index (χ3n) is 3.91. The number of sulfonamides is 1. The summed E-state index contributed by atoms with van der Waals surface area (Å²) in [6.07, 6.45) is 4.52. The van der Waals surface area contributed by atoms with Crippen LogP contribution in [0.25, 0.3) is 0 Å². The number of hydrogen-bond donors (Lipinski definition) is 1. The lowest BCUT2D eigenvalue weighted by Crippen LogP contribution is -2.34. The highest BCUT2D eigenvalue weighted by Gasteiger charge is 2.26. The summed E-state index contributed by atoms with van der Waals surface area (Å²) in [5.74, 6) is 1.39. The Morgan fingerprint density at radius 1 is 1.25 bits per heavy atom. The minimum atomic E-state index is -3.44. The summed E-state index contributed by atoms with van der Waals surface area (Å²) in [5.41, 5.74) is 0. The maximum atomic E-state index is 12.3. The van der Waals surface area contributed by atoms with E-state index in [1.165, 1.54) is 6.42 Å². The summed E-state index contributed by atoms with van der Waals surface area (Å²) in [5, 5.41) is 0. The maximum Gasteiger partial charge on any atom is 0.240 e. The molecule has 0 aliphatic heterocycles. The van der Waals surface area contributed by atoms with Gasteiger partial charge in [0.2, 0.25) is 10.0 Å². The lowest BCUT2D eigenvalue weighted by molar-refractivity contribution is 0.260. The number of rotatable bonds is 5. The lowest BCUT2D eigenvalue weighted by Gasteiger charge is -2.30. The van der Waals surface area contributed by atoms with Crippen LogP contribution >= 0.6 is 27.5 Å². The monoisotopic (exact) mass is 379 g/mol. The van der Waals surface area contributed by atoms with Crippen molar-refractivity contribution in [3.8, 4) is 0 Å². The molecule has 0 bridgehead atoms. The molecule has 0 aromatic heterocycles. The molecule has 1 aromatic rings. The normalized spacial score (nSPS) is 23.7. The predicted molar refractivity (Wildman–Crippen MR) is 85.5 cm³/mol. The van der Waals surface area contributed by atoms with Crippen LogP contribution in [0.5, 0.6) is 0 Å². The van der Waals surface area contributed by atoms with E-state index in [1.807, 2.05) is 6.07 Å². The molecule has 6 heteroatoms. The second kappa shape index (κ2) is 7.25. The van der Waals surface area contributed by atoms with Crippen molar-refractivity contribution in [3.63, 3.8) is 0 Å². The van der Waals surface area contributed by atoms with E-state index >= 15 is 0 Å². The Morgan fingerprint density at radius 3 is 2.60 bits per heavy atom. The quantitative estimate of drug-likeness (QED) is 0.790. The van der Waals surface area contributed by atoms with Gasteiger partial charge in [-0.05, 0) is 42.9 Å². The second-order valence-electron chi connectivity index (χ2n) is 5.27. The van der Waals surface area contributed by atoms with Crippen LogP contribution in [0.2, 0.25) is 0 Å². The van der Waals surface area contributed by atoms with E-state index in [0.717, 1.165) is 23.7 Å². The van der Waals surface area contributed by atoms with Gasteiger partial charge >= 0.3 is 0 Å². The summed E-state index contributed by atoms with van der Waals surface area (Å²) < 4.78 is 28.0. The van der Waals surface area contributed by atoms with Crippen molar-refractivity contribution in [2.75, 3.05) is 12.4 Å². The average molecular weight is 381 g/mol. The van der Waals surface area contributed by atoms with E-state index in [1.54, 1.807) is 18.2 Å². The lowest BCUT2D eigenvalue weighted by atomic mass is 9.80. The van der Waals surface area contributed by atoms with Gasteiger partial charge in [0.25, 0.3) is 0 Å². The first-order valence-electron chi connectivity index (χ1n) is 6.84. The molecule has 2 atom stereocenters. The van der Waals surface area contributed by atoms with Crippen LogP contribution in [-0.4, -0.2) is 20.8 Å². The summed E-state index contributed by atoms with van der Waals surface area (Å²) >= 11 is 9.27. The van der Waals surface area contributed by atoms with Crippen LogP contribution in [0.3, 0.4) is 0 Å². The van der Waals surface area contributed by atoms with Crippen LogP contribution in [-0.2, 0) is 10.0 Å². The average Bonchev–Trinajstić information content (AvgIpc) is 2.45. The Labute approximate surface area is 134 Å². The fraction of sp³-hybridized carbons (Fsp3) is 0.571. The molecular formula is C14H19BrClNO2S. The number of alkyl halides is 1. The number of halogens is 2. The molecule has 1 fully saturated rings. The van der Waals surface area contributed by atoms with Crippen molar-refractivity contribution in [2.45, 2.75) is 30.6 Å². The minimum Gasteiger partial charge on any atom is -0.211 e. The van der Waals surface area contributed by atoms with Crippen molar-refractivity contribution < 1.29 is 8.42 Å². The smallest absolute Gasteiger partial charge is 0.211 e. The molecule has 2 unspecified atom stereocenters. The molecule has 1 aliphatic rings. The first-order chi connectivity index (χ1) is 9.53. The zero-order valence-electron chi connectivity index (χ0n) is 11.2. The van der Waals surface area contributed by atoms with Gasteiger partial charge in [0.1, 0.15) is 0 Å². The number of hydrogen-bond acceptors (Lipinski definition) is 2. The molecule has 2 rings (SSSR count). The molecule has 1 saturated carbocycles. The predicted octanol–water partition coefficient (Wildman–Crippen LogP) is 3.77. The standard InChI is InChI=1S/C14H19BrClNO2S/c15-13-6-3-7-14(8-13)20(18,19)17-10-12-5-2-1-4-11(12)9-16/h3,6-8,11-12,17H,1-2,4-5,9-10H2. The Hall–Kier alpha value is -0.100. The molecule has 0 spiro atoms. The topological polar surface area (TPSA) is 46.2 Å². The molecule has 0 heterocycles. The van der Waals surface area contributed by atoms with E-state index in [4.69, 9.17) is 11.6 Å². The van der Waals surface area contributed by atoms with Crippen molar-refractivity contribution in [2.24, 2.45) is 11.8 Å². The molecule has 112 valence electrons. The van der Waals surface area contributed by atoms with Crippen molar-refractivity contribution in [3.05, 3.63) is 28.7 Å². The Kier molecular flexibility index (Phi) is 5.90. The van der Waals surface area contributed by atoms with Crippen molar-refractivity contribution >= 4 is 37.6 Å². The molecule has 0 amide bonds. The van der Waals surface area contributed by atoms with Crippen LogP contribution in [0.1, 0.15) is 25.7 Å². The second-order valence-corrected chi connectivity index (χ2v) is 8.26. The van der Waals surface area contributed by atoms with Crippen LogP contribution < -0.4 is 4.72 Å². The highest BCUT2D eigenvalue weighted by molar-refractivity contribution is 9.10. The molecule has 1 N–H and O–H groups in total. The Balaban J connectivity index is 2.02. The molecule has 1 aliphatic carbocycles. The van der Waals surface area contributed by atoms with Crippen molar-refractivity contribution in [1.29, 1.82) is 0 Å². The molecule has 3 nitrogen and oxygen atoms in total. The highest BCUT2D eigenvalue weighted by atomic mass is 79.9. The van der Waals surface area contributed by atoms with Gasteiger partial charge in [0, 0.05) is 16.9 Å². The van der Waals surface area contributed by atoms with Crippen LogP contribution in [0.4, 0.5) is 0 Å². The summed E-state index contributed by atoms with van der Waals surface area (Å²) in [6, 6.07) is 6.75. The van der Waals surface area contributed by atoms with Gasteiger partial charge in [-0.15, -0.1) is 11.6 Å². The number of benzene rings is 1. The van der Waals surface area contributed by atoms with Gasteiger partial charge < -0.3 is 0 Å². The molecule has 0 saturated heterocycles. The summed E-state index contributed by atoms with van der Waals surface area (Å²) in [4.78, 5) is 0.296. The Morgan fingerprint density at radius 2 is 1.95 bits per heavy atom. The molecule has 1 aromatic carbocycles. The fourth-order valence-corrected chi connectivity index (χ4v) is 4.79. The molecular weight excluding hydrogens is 362 g/mol. The largest absolute Gasteiger partial charge is 0.240 e. The van der Waals surface area contributed by atoms with Gasteiger partial charge in [-0.1, -0.05) is 34.8 Å². The van der Waals surface area contributed by atoms with E-state index in [2.05, 4.69) is 20.7 Å². The zero-order chi connectivity index (χ0) is 14.6. The summed E-state index contributed by atoms with van der Waals surface area (Å²) in [6.45, 7) is 0.478. The van der Waals surface area contributed by atoms with Gasteiger partial charge in [0.05, 0.1) is 4.90 Å². The van der Waals surface area contributed by atoms with Gasteiger partial charge in [-0.3, -0.25) is 0 Å². The number of nitrogens with one attached hydrogen (secondary N) is 1. The molecule has 20 heavy (non-hydrogen) atoms. The minimum absolute atomic E-state index is 0.296.